The first-order chi connectivity index (χ1) is 9.33. The van der Waals surface area contributed by atoms with Gasteiger partial charge in [0, 0.05) is 7.11 Å². The third-order valence-electron chi connectivity index (χ3n) is 3.01. The van der Waals surface area contributed by atoms with Crippen molar-refractivity contribution in [1.82, 2.24) is 5.43 Å². The Hall–Kier alpha value is -1.14. The molecule has 2 rings (SSSR count). The lowest BCUT2D eigenvalue weighted by molar-refractivity contribution is 0.0585. The molecule has 5 heteroatoms. The van der Waals surface area contributed by atoms with E-state index in [1.165, 1.54) is 0 Å². The zero-order chi connectivity index (χ0) is 13.5. The minimum absolute atomic E-state index is 0.0420. The summed E-state index contributed by atoms with van der Waals surface area (Å²) in [6.45, 7) is 1.65. The molecule has 0 saturated heterocycles. The summed E-state index contributed by atoms with van der Waals surface area (Å²) >= 11 is 0. The number of hydrazine groups is 1. The van der Waals surface area contributed by atoms with E-state index in [9.17, 15) is 0 Å². The average molecular weight is 266 g/mol. The van der Waals surface area contributed by atoms with Crippen molar-refractivity contribution in [2.75, 3.05) is 26.9 Å². The van der Waals surface area contributed by atoms with Crippen LogP contribution in [0.5, 0.6) is 5.75 Å². The van der Waals surface area contributed by atoms with E-state index >= 15 is 0 Å². The Morgan fingerprint density at radius 1 is 1.37 bits per heavy atom. The molecule has 0 heterocycles. The zero-order valence-corrected chi connectivity index (χ0v) is 11.3. The summed E-state index contributed by atoms with van der Waals surface area (Å²) in [5.41, 5.74) is 3.84. The molecule has 1 aromatic carbocycles. The van der Waals surface area contributed by atoms with Crippen molar-refractivity contribution in [3.8, 4) is 5.75 Å². The van der Waals surface area contributed by atoms with Crippen molar-refractivity contribution in [3.63, 3.8) is 0 Å². The van der Waals surface area contributed by atoms with Crippen molar-refractivity contribution in [2.45, 2.75) is 25.0 Å². The number of hydrogen-bond acceptors (Lipinski definition) is 5. The Kier molecular flexibility index (Phi) is 5.60. The maximum absolute atomic E-state index is 5.77. The van der Waals surface area contributed by atoms with Gasteiger partial charge in [0.25, 0.3) is 0 Å². The Labute approximate surface area is 114 Å². The second kappa shape index (κ2) is 7.45. The summed E-state index contributed by atoms with van der Waals surface area (Å²) in [4.78, 5) is 0. The first-order valence-electron chi connectivity index (χ1n) is 6.63. The molecule has 0 aliphatic heterocycles. The van der Waals surface area contributed by atoms with Crippen LogP contribution in [0, 0.1) is 0 Å². The van der Waals surface area contributed by atoms with Crippen LogP contribution < -0.4 is 16.0 Å². The Morgan fingerprint density at radius 3 is 2.89 bits per heavy atom. The number of hydrogen-bond donors (Lipinski definition) is 2. The third kappa shape index (κ3) is 4.80. The largest absolute Gasteiger partial charge is 0.490 e. The average Bonchev–Trinajstić information content (AvgIpc) is 3.23. The SMILES string of the molecule is COCCOCC(NN)c1cccc(OC2CC2)c1. The van der Waals surface area contributed by atoms with E-state index in [1.54, 1.807) is 7.11 Å². The molecule has 106 valence electrons. The molecule has 1 atom stereocenters. The van der Waals surface area contributed by atoms with Crippen LogP contribution in [-0.2, 0) is 9.47 Å². The molecular formula is C14H22N2O3. The molecule has 1 aliphatic carbocycles. The monoisotopic (exact) mass is 266 g/mol. The summed E-state index contributed by atoms with van der Waals surface area (Å²) in [6.07, 6.45) is 2.71. The fourth-order valence-electron chi connectivity index (χ4n) is 1.77. The Bertz CT molecular complexity index is 383. The molecule has 1 fully saturated rings. The van der Waals surface area contributed by atoms with E-state index < -0.39 is 0 Å². The van der Waals surface area contributed by atoms with Gasteiger partial charge < -0.3 is 14.2 Å². The van der Waals surface area contributed by atoms with E-state index in [0.29, 0.717) is 25.9 Å². The van der Waals surface area contributed by atoms with Crippen molar-refractivity contribution < 1.29 is 14.2 Å². The molecule has 1 aliphatic rings. The van der Waals surface area contributed by atoms with Gasteiger partial charge >= 0.3 is 0 Å². The van der Waals surface area contributed by atoms with Crippen molar-refractivity contribution in [3.05, 3.63) is 29.8 Å². The topological polar surface area (TPSA) is 65.7 Å². The van der Waals surface area contributed by atoms with Crippen LogP contribution in [0.4, 0.5) is 0 Å². The van der Waals surface area contributed by atoms with Gasteiger partial charge in [0.1, 0.15) is 5.75 Å². The summed E-state index contributed by atoms with van der Waals surface area (Å²) in [7, 11) is 1.65. The highest BCUT2D eigenvalue weighted by Gasteiger charge is 2.23. The lowest BCUT2D eigenvalue weighted by Gasteiger charge is -2.17. The Balaban J connectivity index is 1.88. The predicted octanol–water partition coefficient (Wildman–Crippen LogP) is 1.40. The van der Waals surface area contributed by atoms with Crippen LogP contribution in [-0.4, -0.2) is 33.0 Å². The van der Waals surface area contributed by atoms with Gasteiger partial charge in [-0.05, 0) is 30.5 Å². The minimum Gasteiger partial charge on any atom is -0.490 e. The van der Waals surface area contributed by atoms with E-state index in [4.69, 9.17) is 20.1 Å². The standard InChI is InChI=1S/C14H22N2O3/c1-17-7-8-18-10-14(16-15)11-3-2-4-13(9-11)19-12-5-6-12/h2-4,9,12,14,16H,5-8,10,15H2,1H3. The van der Waals surface area contributed by atoms with Gasteiger partial charge in [-0.1, -0.05) is 12.1 Å². The molecule has 19 heavy (non-hydrogen) atoms. The van der Waals surface area contributed by atoms with Crippen molar-refractivity contribution in [1.29, 1.82) is 0 Å². The molecule has 1 saturated carbocycles. The first-order valence-corrected chi connectivity index (χ1v) is 6.63. The molecule has 0 bridgehead atoms. The number of methoxy groups -OCH3 is 1. The van der Waals surface area contributed by atoms with Crippen molar-refractivity contribution >= 4 is 0 Å². The van der Waals surface area contributed by atoms with Gasteiger partial charge in [-0.25, -0.2) is 0 Å². The van der Waals surface area contributed by atoms with Crippen LogP contribution >= 0.6 is 0 Å². The molecule has 0 aromatic heterocycles. The van der Waals surface area contributed by atoms with E-state index in [0.717, 1.165) is 24.2 Å². The fraction of sp³-hybridized carbons (Fsp3) is 0.571. The van der Waals surface area contributed by atoms with Crippen LogP contribution in [0.2, 0.25) is 0 Å². The van der Waals surface area contributed by atoms with Gasteiger partial charge in [0.2, 0.25) is 0 Å². The maximum Gasteiger partial charge on any atom is 0.120 e. The predicted molar refractivity (Wildman–Crippen MR) is 72.9 cm³/mol. The van der Waals surface area contributed by atoms with E-state index in [2.05, 4.69) is 5.43 Å². The van der Waals surface area contributed by atoms with Crippen LogP contribution in [0.1, 0.15) is 24.4 Å². The number of rotatable bonds is 9. The van der Waals surface area contributed by atoms with E-state index in [1.807, 2.05) is 24.3 Å². The fourth-order valence-corrected chi connectivity index (χ4v) is 1.77. The zero-order valence-electron chi connectivity index (χ0n) is 11.3. The molecule has 5 nitrogen and oxygen atoms in total. The van der Waals surface area contributed by atoms with Crippen molar-refractivity contribution in [2.24, 2.45) is 5.84 Å². The second-order valence-electron chi connectivity index (χ2n) is 4.68. The normalized spacial score (nSPS) is 16.3. The third-order valence-corrected chi connectivity index (χ3v) is 3.01. The lowest BCUT2D eigenvalue weighted by Crippen LogP contribution is -2.31. The highest BCUT2D eigenvalue weighted by molar-refractivity contribution is 5.31. The number of ether oxygens (including phenoxy) is 3. The molecule has 1 aromatic rings. The highest BCUT2D eigenvalue weighted by atomic mass is 16.5. The second-order valence-corrected chi connectivity index (χ2v) is 4.68. The molecule has 0 radical (unpaired) electrons. The molecule has 0 spiro atoms. The summed E-state index contributed by atoms with van der Waals surface area (Å²) < 4.78 is 16.2. The molecule has 0 amide bonds. The maximum atomic E-state index is 5.77. The van der Waals surface area contributed by atoms with Gasteiger partial charge in [0.15, 0.2) is 0 Å². The first kappa shape index (κ1) is 14.3. The molecule has 1 unspecified atom stereocenters. The smallest absolute Gasteiger partial charge is 0.120 e. The van der Waals surface area contributed by atoms with E-state index in [-0.39, 0.29) is 6.04 Å². The molecule has 3 N–H and O–H groups in total. The van der Waals surface area contributed by atoms with Crippen LogP contribution in [0.15, 0.2) is 24.3 Å². The summed E-state index contributed by atoms with van der Waals surface area (Å²) in [5, 5.41) is 0. The quantitative estimate of drug-likeness (QED) is 0.402. The molecular weight excluding hydrogens is 244 g/mol. The van der Waals surface area contributed by atoms with Gasteiger partial charge in [-0.2, -0.15) is 0 Å². The minimum atomic E-state index is -0.0420. The summed E-state index contributed by atoms with van der Waals surface area (Å²) in [6, 6.07) is 7.94. The van der Waals surface area contributed by atoms with Crippen LogP contribution in [0.3, 0.4) is 0 Å². The summed E-state index contributed by atoms with van der Waals surface area (Å²) in [5.74, 6) is 6.48. The van der Waals surface area contributed by atoms with Crippen LogP contribution in [0.25, 0.3) is 0 Å². The lowest BCUT2D eigenvalue weighted by atomic mass is 10.1. The highest BCUT2D eigenvalue weighted by Crippen LogP contribution is 2.28. The van der Waals surface area contributed by atoms with Gasteiger partial charge in [0.05, 0.1) is 32.0 Å². The van der Waals surface area contributed by atoms with Gasteiger partial charge in [-0.3, -0.25) is 11.3 Å². The number of nitrogens with one attached hydrogen (secondary N) is 1. The van der Waals surface area contributed by atoms with Gasteiger partial charge in [-0.15, -0.1) is 0 Å². The Morgan fingerprint density at radius 2 is 2.21 bits per heavy atom. The number of benzene rings is 1. The number of nitrogens with two attached hydrogens (primary N) is 1.